The smallest absolute Gasteiger partial charge is 0.194 e. The third-order valence-corrected chi connectivity index (χ3v) is 3.82. The van der Waals surface area contributed by atoms with Crippen LogP contribution in [-0.4, -0.2) is 58.0 Å². The Balaban J connectivity index is 2.00. The molecule has 0 aliphatic carbocycles. The van der Waals surface area contributed by atoms with Gasteiger partial charge in [0.1, 0.15) is 23.7 Å². The van der Waals surface area contributed by atoms with E-state index in [4.69, 9.17) is 4.74 Å². The van der Waals surface area contributed by atoms with Gasteiger partial charge in [-0.05, 0) is 25.0 Å². The van der Waals surface area contributed by atoms with Gasteiger partial charge >= 0.3 is 0 Å². The van der Waals surface area contributed by atoms with E-state index in [9.17, 15) is 5.11 Å². The molecule has 0 aliphatic rings. The maximum atomic E-state index is 10.0. The third-order valence-electron chi connectivity index (χ3n) is 3.82. The topological polar surface area (TPSA) is 87.8 Å². The van der Waals surface area contributed by atoms with Crippen LogP contribution in [0.1, 0.15) is 18.3 Å². The van der Waals surface area contributed by atoms with Crippen molar-refractivity contribution >= 4 is 5.96 Å². The van der Waals surface area contributed by atoms with E-state index in [0.29, 0.717) is 25.3 Å². The molecule has 0 saturated heterocycles. The highest BCUT2D eigenvalue weighted by Gasteiger charge is 2.10. The predicted octanol–water partition coefficient (Wildman–Crippen LogP) is 1.17. The number of hydrogen-bond acceptors (Lipinski definition) is 5. The number of guanidine groups is 1. The number of methoxy groups -OCH3 is 1. The summed E-state index contributed by atoms with van der Waals surface area (Å²) in [5.41, 5.74) is 0.844. The van der Waals surface area contributed by atoms with Crippen LogP contribution in [0, 0.1) is 0 Å². The van der Waals surface area contributed by atoms with Gasteiger partial charge in [0.15, 0.2) is 5.96 Å². The number of aromatic hydroxyl groups is 1. The van der Waals surface area contributed by atoms with Crippen molar-refractivity contribution in [1.82, 2.24) is 25.0 Å². The number of aryl methyl sites for hydroxylation is 1. The van der Waals surface area contributed by atoms with Crippen LogP contribution in [0.3, 0.4) is 0 Å². The van der Waals surface area contributed by atoms with Crippen molar-refractivity contribution in [3.63, 3.8) is 0 Å². The summed E-state index contributed by atoms with van der Waals surface area (Å²) in [6.07, 6.45) is 2.18. The zero-order chi connectivity index (χ0) is 18.2. The van der Waals surface area contributed by atoms with Gasteiger partial charge < -0.3 is 20.1 Å². The summed E-state index contributed by atoms with van der Waals surface area (Å²) in [7, 11) is 5.40. The lowest BCUT2D eigenvalue weighted by Gasteiger charge is -2.21. The second kappa shape index (κ2) is 8.91. The van der Waals surface area contributed by atoms with E-state index in [1.165, 1.54) is 0 Å². The van der Waals surface area contributed by atoms with Crippen LogP contribution in [0.25, 0.3) is 0 Å². The number of rotatable bonds is 7. The molecule has 1 heterocycles. The van der Waals surface area contributed by atoms with Crippen molar-refractivity contribution in [1.29, 1.82) is 0 Å². The van der Waals surface area contributed by atoms with Crippen LogP contribution in [0.5, 0.6) is 11.5 Å². The van der Waals surface area contributed by atoms with E-state index in [1.54, 1.807) is 24.2 Å². The highest BCUT2D eigenvalue weighted by molar-refractivity contribution is 5.79. The molecule has 1 aromatic heterocycles. The molecular formula is C17H26N6O2. The molecule has 0 unspecified atom stereocenters. The van der Waals surface area contributed by atoms with E-state index in [2.05, 4.69) is 20.4 Å². The number of aliphatic imine (C=N–C) groups is 1. The van der Waals surface area contributed by atoms with Crippen LogP contribution in [-0.2, 0) is 20.0 Å². The summed E-state index contributed by atoms with van der Waals surface area (Å²) in [5.74, 6) is 2.52. The van der Waals surface area contributed by atoms with E-state index in [-0.39, 0.29) is 5.75 Å². The molecule has 0 spiro atoms. The molecule has 0 fully saturated rings. The lowest BCUT2D eigenvalue weighted by Crippen LogP contribution is -2.39. The summed E-state index contributed by atoms with van der Waals surface area (Å²) in [6, 6.07) is 5.31. The molecule has 25 heavy (non-hydrogen) atoms. The number of nitrogens with zero attached hydrogens (tertiary/aromatic N) is 5. The van der Waals surface area contributed by atoms with Crippen LogP contribution in [0.15, 0.2) is 29.5 Å². The molecule has 2 aromatic rings. The molecule has 0 atom stereocenters. The highest BCUT2D eigenvalue weighted by Crippen LogP contribution is 2.23. The molecule has 1 aromatic carbocycles. The number of phenols is 1. The molecule has 2 rings (SSSR count). The first-order chi connectivity index (χ1) is 12.0. The average Bonchev–Trinajstić information content (AvgIpc) is 3.00. The summed E-state index contributed by atoms with van der Waals surface area (Å²) in [6.45, 7) is 3.97. The summed E-state index contributed by atoms with van der Waals surface area (Å²) >= 11 is 0. The lowest BCUT2D eigenvalue weighted by molar-refractivity contribution is 0.406. The van der Waals surface area contributed by atoms with Gasteiger partial charge in [0.2, 0.25) is 0 Å². The summed E-state index contributed by atoms with van der Waals surface area (Å²) in [4.78, 5) is 10.9. The Morgan fingerprint density at radius 1 is 1.44 bits per heavy atom. The summed E-state index contributed by atoms with van der Waals surface area (Å²) in [5, 5.41) is 17.4. The number of ether oxygens (including phenoxy) is 1. The maximum absolute atomic E-state index is 10.0. The molecule has 0 aliphatic heterocycles. The van der Waals surface area contributed by atoms with Crippen molar-refractivity contribution in [2.24, 2.45) is 12.0 Å². The van der Waals surface area contributed by atoms with Gasteiger partial charge in [-0.2, -0.15) is 5.10 Å². The number of aromatic nitrogens is 3. The Kier molecular flexibility index (Phi) is 6.62. The second-order valence-corrected chi connectivity index (χ2v) is 5.64. The van der Waals surface area contributed by atoms with E-state index >= 15 is 0 Å². The SMILES string of the molecule is CCNC(=NCCc1ccc(OC)cc1O)N(C)Cc1ncnn1C. The molecule has 136 valence electrons. The number of nitrogens with one attached hydrogen (secondary N) is 1. The minimum Gasteiger partial charge on any atom is -0.508 e. The van der Waals surface area contributed by atoms with Gasteiger partial charge in [0.05, 0.1) is 13.7 Å². The minimum absolute atomic E-state index is 0.229. The van der Waals surface area contributed by atoms with Gasteiger partial charge in [-0.25, -0.2) is 4.98 Å². The lowest BCUT2D eigenvalue weighted by atomic mass is 10.1. The van der Waals surface area contributed by atoms with Gasteiger partial charge in [0.25, 0.3) is 0 Å². The van der Waals surface area contributed by atoms with Gasteiger partial charge in [-0.1, -0.05) is 6.07 Å². The Morgan fingerprint density at radius 2 is 2.24 bits per heavy atom. The molecule has 0 bridgehead atoms. The van der Waals surface area contributed by atoms with Crippen molar-refractivity contribution in [3.05, 3.63) is 35.9 Å². The predicted molar refractivity (Wildman–Crippen MR) is 96.8 cm³/mol. The van der Waals surface area contributed by atoms with Crippen LogP contribution in [0.4, 0.5) is 0 Å². The third kappa shape index (κ3) is 5.10. The molecule has 8 nitrogen and oxygen atoms in total. The Morgan fingerprint density at radius 3 is 2.84 bits per heavy atom. The molecule has 2 N–H and O–H groups in total. The molecule has 0 amide bonds. The van der Waals surface area contributed by atoms with Gasteiger partial charge in [0, 0.05) is 33.3 Å². The van der Waals surface area contributed by atoms with Gasteiger partial charge in [-0.3, -0.25) is 9.67 Å². The fourth-order valence-electron chi connectivity index (χ4n) is 2.38. The fraction of sp³-hybridized carbons (Fsp3) is 0.471. The van der Waals surface area contributed by atoms with Crippen LogP contribution >= 0.6 is 0 Å². The highest BCUT2D eigenvalue weighted by atomic mass is 16.5. The standard InChI is InChI=1S/C17H26N6O2/c1-5-18-17(22(2)11-16-20-12-21-23(16)3)19-9-8-13-6-7-14(25-4)10-15(13)24/h6-7,10,12,24H,5,8-9,11H2,1-4H3,(H,18,19). The Labute approximate surface area is 148 Å². The van der Waals surface area contributed by atoms with E-state index in [0.717, 1.165) is 23.9 Å². The van der Waals surface area contributed by atoms with Crippen LogP contribution in [0.2, 0.25) is 0 Å². The second-order valence-electron chi connectivity index (χ2n) is 5.64. The fourth-order valence-corrected chi connectivity index (χ4v) is 2.38. The quantitative estimate of drug-likeness (QED) is 0.578. The first-order valence-corrected chi connectivity index (χ1v) is 8.23. The van der Waals surface area contributed by atoms with Gasteiger partial charge in [-0.15, -0.1) is 0 Å². The average molecular weight is 346 g/mol. The van der Waals surface area contributed by atoms with Crippen molar-refractivity contribution < 1.29 is 9.84 Å². The van der Waals surface area contributed by atoms with E-state index in [1.807, 2.05) is 38.1 Å². The summed E-state index contributed by atoms with van der Waals surface area (Å²) < 4.78 is 6.84. The van der Waals surface area contributed by atoms with Crippen LogP contribution < -0.4 is 10.1 Å². The number of hydrogen-bond donors (Lipinski definition) is 2. The Bertz CT molecular complexity index is 713. The Hall–Kier alpha value is -2.77. The minimum atomic E-state index is 0.229. The monoisotopic (exact) mass is 346 g/mol. The normalized spacial score (nSPS) is 11.4. The number of benzene rings is 1. The molecule has 8 heteroatoms. The first kappa shape index (κ1) is 18.6. The number of phenolic OH excluding ortho intramolecular Hbond substituents is 1. The maximum Gasteiger partial charge on any atom is 0.194 e. The van der Waals surface area contributed by atoms with Crippen molar-refractivity contribution in [3.8, 4) is 11.5 Å². The first-order valence-electron chi connectivity index (χ1n) is 8.23. The van der Waals surface area contributed by atoms with Crippen molar-refractivity contribution in [2.75, 3.05) is 27.2 Å². The zero-order valence-corrected chi connectivity index (χ0v) is 15.2. The zero-order valence-electron chi connectivity index (χ0n) is 15.2. The molecule has 0 saturated carbocycles. The van der Waals surface area contributed by atoms with Crippen molar-refractivity contribution in [2.45, 2.75) is 19.9 Å². The largest absolute Gasteiger partial charge is 0.508 e. The molecule has 0 radical (unpaired) electrons. The molecular weight excluding hydrogens is 320 g/mol. The van der Waals surface area contributed by atoms with E-state index < -0.39 is 0 Å².